The molecular formula is C18H36N2O. The van der Waals surface area contributed by atoms with E-state index < -0.39 is 0 Å². The highest BCUT2D eigenvalue weighted by Crippen LogP contribution is 2.34. The van der Waals surface area contributed by atoms with Crippen molar-refractivity contribution in [1.82, 2.24) is 10.2 Å². The highest BCUT2D eigenvalue weighted by molar-refractivity contribution is 4.92. The Morgan fingerprint density at radius 3 is 2.67 bits per heavy atom. The number of likely N-dealkylation sites (tertiary alicyclic amines) is 1. The van der Waals surface area contributed by atoms with E-state index >= 15 is 0 Å². The Kier molecular flexibility index (Phi) is 6.10. The van der Waals surface area contributed by atoms with E-state index in [-0.39, 0.29) is 0 Å². The minimum Gasteiger partial charge on any atom is -0.381 e. The second kappa shape index (κ2) is 7.43. The van der Waals surface area contributed by atoms with Crippen LogP contribution in [0.1, 0.15) is 53.9 Å². The molecule has 0 aromatic carbocycles. The maximum Gasteiger partial charge on any atom is 0.0546 e. The largest absolute Gasteiger partial charge is 0.381 e. The smallest absolute Gasteiger partial charge is 0.0546 e. The molecule has 0 bridgehead atoms. The monoisotopic (exact) mass is 296 g/mol. The van der Waals surface area contributed by atoms with Gasteiger partial charge in [-0.2, -0.15) is 0 Å². The Bertz CT molecular complexity index is 312. The summed E-state index contributed by atoms with van der Waals surface area (Å²) in [7, 11) is 0. The maximum absolute atomic E-state index is 5.88. The van der Waals surface area contributed by atoms with Crippen molar-refractivity contribution in [1.29, 1.82) is 0 Å². The van der Waals surface area contributed by atoms with Crippen molar-refractivity contribution in [3.63, 3.8) is 0 Å². The molecule has 2 aliphatic heterocycles. The first-order chi connectivity index (χ1) is 9.92. The molecule has 2 heterocycles. The van der Waals surface area contributed by atoms with Crippen LogP contribution in [0.5, 0.6) is 0 Å². The summed E-state index contributed by atoms with van der Waals surface area (Å²) in [5.41, 5.74) is 0.313. The predicted octanol–water partition coefficient (Wildman–Crippen LogP) is 3.15. The Hall–Kier alpha value is -0.120. The van der Waals surface area contributed by atoms with Crippen molar-refractivity contribution < 1.29 is 4.74 Å². The summed E-state index contributed by atoms with van der Waals surface area (Å²) in [6.45, 7) is 17.2. The van der Waals surface area contributed by atoms with Crippen molar-refractivity contribution in [2.45, 2.75) is 66.0 Å². The van der Waals surface area contributed by atoms with Gasteiger partial charge in [0.15, 0.2) is 0 Å². The number of nitrogens with one attached hydrogen (secondary N) is 1. The number of hydrogen-bond donors (Lipinski definition) is 1. The molecule has 0 radical (unpaired) electrons. The molecule has 1 N–H and O–H groups in total. The van der Waals surface area contributed by atoms with Crippen LogP contribution in [0.4, 0.5) is 0 Å². The topological polar surface area (TPSA) is 24.5 Å². The summed E-state index contributed by atoms with van der Waals surface area (Å²) in [6.07, 6.45) is 3.90. The zero-order chi connectivity index (χ0) is 15.5. The van der Waals surface area contributed by atoms with Gasteiger partial charge in [-0.3, -0.25) is 4.90 Å². The standard InChI is InChI=1S/C18H36N2O/c1-14(2)19-11-18(7-6-8-21-13-18)12-20-10-15(3)9-16(4)17(20)5/h14-17,19H,6-13H2,1-5H3. The molecular weight excluding hydrogens is 260 g/mol. The summed E-state index contributed by atoms with van der Waals surface area (Å²) in [5, 5.41) is 3.68. The normalized spacial score (nSPS) is 38.9. The summed E-state index contributed by atoms with van der Waals surface area (Å²) in [5.74, 6) is 1.64. The predicted molar refractivity (Wildman–Crippen MR) is 89.6 cm³/mol. The Morgan fingerprint density at radius 2 is 2.05 bits per heavy atom. The maximum atomic E-state index is 5.88. The molecule has 0 amide bonds. The van der Waals surface area contributed by atoms with Gasteiger partial charge in [-0.1, -0.05) is 27.7 Å². The van der Waals surface area contributed by atoms with Gasteiger partial charge in [0.25, 0.3) is 0 Å². The lowest BCUT2D eigenvalue weighted by atomic mass is 9.78. The molecule has 0 saturated carbocycles. The first-order valence-corrected chi connectivity index (χ1v) is 8.97. The third kappa shape index (κ3) is 4.67. The van der Waals surface area contributed by atoms with Crippen LogP contribution in [0.15, 0.2) is 0 Å². The van der Waals surface area contributed by atoms with E-state index in [0.29, 0.717) is 17.5 Å². The SMILES string of the molecule is CC1CC(C)C(C)N(CC2(CNC(C)C)CCCOC2)C1. The van der Waals surface area contributed by atoms with Gasteiger partial charge in [0.2, 0.25) is 0 Å². The van der Waals surface area contributed by atoms with Gasteiger partial charge in [-0.25, -0.2) is 0 Å². The molecule has 3 heteroatoms. The van der Waals surface area contributed by atoms with Gasteiger partial charge >= 0.3 is 0 Å². The van der Waals surface area contributed by atoms with Crippen molar-refractivity contribution in [2.75, 3.05) is 32.8 Å². The fraction of sp³-hybridized carbons (Fsp3) is 1.00. The van der Waals surface area contributed by atoms with Gasteiger partial charge in [-0.05, 0) is 38.0 Å². The van der Waals surface area contributed by atoms with Gasteiger partial charge in [0, 0.05) is 43.7 Å². The van der Waals surface area contributed by atoms with E-state index in [1.165, 1.54) is 32.4 Å². The highest BCUT2D eigenvalue weighted by atomic mass is 16.5. The molecule has 0 spiro atoms. The van der Waals surface area contributed by atoms with E-state index in [1.54, 1.807) is 0 Å². The molecule has 3 nitrogen and oxygen atoms in total. The van der Waals surface area contributed by atoms with E-state index in [0.717, 1.165) is 31.6 Å². The van der Waals surface area contributed by atoms with Crippen LogP contribution < -0.4 is 5.32 Å². The summed E-state index contributed by atoms with van der Waals surface area (Å²) in [4.78, 5) is 2.75. The average Bonchev–Trinajstić information content (AvgIpc) is 2.43. The molecule has 4 unspecified atom stereocenters. The summed E-state index contributed by atoms with van der Waals surface area (Å²) >= 11 is 0. The van der Waals surface area contributed by atoms with Gasteiger partial charge in [0.1, 0.15) is 0 Å². The lowest BCUT2D eigenvalue weighted by molar-refractivity contribution is -0.0475. The van der Waals surface area contributed by atoms with E-state index in [9.17, 15) is 0 Å². The zero-order valence-corrected chi connectivity index (χ0v) is 14.8. The van der Waals surface area contributed by atoms with Crippen molar-refractivity contribution in [3.05, 3.63) is 0 Å². The first kappa shape index (κ1) is 17.2. The quantitative estimate of drug-likeness (QED) is 0.843. The van der Waals surface area contributed by atoms with Crippen LogP contribution in [-0.4, -0.2) is 49.8 Å². The minimum absolute atomic E-state index is 0.313. The molecule has 2 aliphatic rings. The van der Waals surface area contributed by atoms with Crippen LogP contribution in [0.2, 0.25) is 0 Å². The second-order valence-corrected chi connectivity index (χ2v) is 8.18. The number of rotatable bonds is 5. The Balaban J connectivity index is 2.02. The second-order valence-electron chi connectivity index (χ2n) is 8.18. The average molecular weight is 296 g/mol. The number of ether oxygens (including phenoxy) is 1. The minimum atomic E-state index is 0.313. The molecule has 124 valence electrons. The Morgan fingerprint density at radius 1 is 1.29 bits per heavy atom. The zero-order valence-electron chi connectivity index (χ0n) is 14.8. The van der Waals surface area contributed by atoms with Crippen LogP contribution in [0.3, 0.4) is 0 Å². The molecule has 2 rings (SSSR count). The number of hydrogen-bond acceptors (Lipinski definition) is 3. The first-order valence-electron chi connectivity index (χ1n) is 8.97. The van der Waals surface area contributed by atoms with Crippen LogP contribution in [0, 0.1) is 17.3 Å². The van der Waals surface area contributed by atoms with E-state index in [2.05, 4.69) is 44.8 Å². The third-order valence-corrected chi connectivity index (χ3v) is 5.55. The Labute approximate surface area is 131 Å². The van der Waals surface area contributed by atoms with Crippen molar-refractivity contribution in [3.8, 4) is 0 Å². The highest BCUT2D eigenvalue weighted by Gasteiger charge is 2.38. The summed E-state index contributed by atoms with van der Waals surface area (Å²) < 4.78 is 5.88. The summed E-state index contributed by atoms with van der Waals surface area (Å²) in [6, 6.07) is 1.26. The fourth-order valence-electron chi connectivity index (χ4n) is 4.12. The fourth-order valence-corrected chi connectivity index (χ4v) is 4.12. The van der Waals surface area contributed by atoms with E-state index in [1.807, 2.05) is 0 Å². The third-order valence-electron chi connectivity index (χ3n) is 5.55. The van der Waals surface area contributed by atoms with Crippen molar-refractivity contribution in [2.24, 2.45) is 17.3 Å². The molecule has 21 heavy (non-hydrogen) atoms. The molecule has 2 saturated heterocycles. The number of piperidine rings is 1. The van der Waals surface area contributed by atoms with Gasteiger partial charge in [0.05, 0.1) is 6.61 Å². The van der Waals surface area contributed by atoms with Crippen LogP contribution in [0.25, 0.3) is 0 Å². The molecule has 0 aromatic heterocycles. The van der Waals surface area contributed by atoms with Crippen molar-refractivity contribution >= 4 is 0 Å². The van der Waals surface area contributed by atoms with Crippen LogP contribution >= 0.6 is 0 Å². The molecule has 0 aliphatic carbocycles. The van der Waals surface area contributed by atoms with Gasteiger partial charge < -0.3 is 10.1 Å². The molecule has 4 atom stereocenters. The lowest BCUT2D eigenvalue weighted by Gasteiger charge is -2.47. The molecule has 0 aromatic rings. The number of nitrogens with zero attached hydrogens (tertiary/aromatic N) is 1. The lowest BCUT2D eigenvalue weighted by Crippen LogP contribution is -2.55. The van der Waals surface area contributed by atoms with E-state index in [4.69, 9.17) is 4.74 Å². The molecule has 2 fully saturated rings. The van der Waals surface area contributed by atoms with Gasteiger partial charge in [-0.15, -0.1) is 0 Å². The van der Waals surface area contributed by atoms with Crippen LogP contribution in [-0.2, 0) is 4.74 Å².